The average molecular weight is 281 g/mol. The second kappa shape index (κ2) is 5.53. The first-order valence-corrected chi connectivity index (χ1v) is 6.46. The van der Waals surface area contributed by atoms with Crippen LogP contribution in [0.1, 0.15) is 24.7 Å². The molecule has 0 aliphatic rings. The van der Waals surface area contributed by atoms with Gasteiger partial charge in [-0.25, -0.2) is 9.37 Å². The number of aromatic amines is 1. The SMILES string of the molecule is CCCc1nc(-c2ccc(Cl)cc2F)c(C)c(=O)[nH]1. The van der Waals surface area contributed by atoms with Crippen molar-refractivity contribution in [1.82, 2.24) is 9.97 Å². The zero-order valence-corrected chi connectivity index (χ0v) is 11.5. The lowest BCUT2D eigenvalue weighted by atomic mass is 10.1. The molecule has 19 heavy (non-hydrogen) atoms. The minimum atomic E-state index is -0.476. The van der Waals surface area contributed by atoms with Gasteiger partial charge in [-0.2, -0.15) is 0 Å². The Bertz CT molecular complexity index is 667. The molecule has 1 aromatic carbocycles. The molecule has 1 heterocycles. The molecule has 0 aliphatic heterocycles. The molecule has 0 atom stereocenters. The number of H-pyrrole nitrogens is 1. The maximum Gasteiger partial charge on any atom is 0.254 e. The van der Waals surface area contributed by atoms with Gasteiger partial charge in [0, 0.05) is 22.6 Å². The molecule has 5 heteroatoms. The van der Waals surface area contributed by atoms with Crippen LogP contribution in [0, 0.1) is 12.7 Å². The minimum absolute atomic E-state index is 0.234. The van der Waals surface area contributed by atoms with Gasteiger partial charge in [0.05, 0.1) is 5.69 Å². The number of nitrogens with one attached hydrogen (secondary N) is 1. The Morgan fingerprint density at radius 3 is 2.79 bits per heavy atom. The lowest BCUT2D eigenvalue weighted by molar-refractivity contribution is 0.630. The van der Waals surface area contributed by atoms with E-state index < -0.39 is 5.82 Å². The van der Waals surface area contributed by atoms with E-state index in [0.717, 1.165) is 6.42 Å². The van der Waals surface area contributed by atoms with E-state index in [2.05, 4.69) is 9.97 Å². The molecule has 0 fully saturated rings. The summed E-state index contributed by atoms with van der Waals surface area (Å²) in [5.41, 5.74) is 0.843. The predicted octanol–water partition coefficient (Wildman–Crippen LogP) is 3.49. The fourth-order valence-corrected chi connectivity index (χ4v) is 2.04. The molecule has 2 rings (SSSR count). The maximum absolute atomic E-state index is 13.9. The summed E-state index contributed by atoms with van der Waals surface area (Å²) in [6, 6.07) is 4.35. The quantitative estimate of drug-likeness (QED) is 0.935. The molecule has 0 saturated carbocycles. The van der Waals surface area contributed by atoms with Gasteiger partial charge in [0.15, 0.2) is 0 Å². The van der Waals surface area contributed by atoms with E-state index in [1.165, 1.54) is 6.07 Å². The number of rotatable bonds is 3. The summed E-state index contributed by atoms with van der Waals surface area (Å²) < 4.78 is 13.9. The summed E-state index contributed by atoms with van der Waals surface area (Å²) in [6.07, 6.45) is 1.51. The molecule has 0 amide bonds. The molecule has 1 N–H and O–H groups in total. The van der Waals surface area contributed by atoms with Crippen molar-refractivity contribution in [2.45, 2.75) is 26.7 Å². The van der Waals surface area contributed by atoms with Crippen LogP contribution in [-0.2, 0) is 6.42 Å². The first kappa shape index (κ1) is 13.7. The van der Waals surface area contributed by atoms with Crippen LogP contribution in [0.15, 0.2) is 23.0 Å². The van der Waals surface area contributed by atoms with Gasteiger partial charge in [-0.1, -0.05) is 18.5 Å². The fourth-order valence-electron chi connectivity index (χ4n) is 1.88. The van der Waals surface area contributed by atoms with Crippen molar-refractivity contribution in [2.75, 3.05) is 0 Å². The number of halogens is 2. The molecule has 0 radical (unpaired) electrons. The van der Waals surface area contributed by atoms with E-state index in [9.17, 15) is 9.18 Å². The summed E-state index contributed by atoms with van der Waals surface area (Å²) in [5.74, 6) is 0.0959. The van der Waals surface area contributed by atoms with Gasteiger partial charge in [0.2, 0.25) is 0 Å². The molecule has 0 aliphatic carbocycles. The highest BCUT2D eigenvalue weighted by Crippen LogP contribution is 2.25. The van der Waals surface area contributed by atoms with Crippen molar-refractivity contribution in [3.8, 4) is 11.3 Å². The number of benzene rings is 1. The largest absolute Gasteiger partial charge is 0.310 e. The minimum Gasteiger partial charge on any atom is -0.310 e. The van der Waals surface area contributed by atoms with Gasteiger partial charge < -0.3 is 4.98 Å². The Hall–Kier alpha value is -1.68. The van der Waals surface area contributed by atoms with Gasteiger partial charge in [-0.3, -0.25) is 4.79 Å². The van der Waals surface area contributed by atoms with Crippen LogP contribution in [-0.4, -0.2) is 9.97 Å². The summed E-state index contributed by atoms with van der Waals surface area (Å²) in [6.45, 7) is 3.62. The number of nitrogens with zero attached hydrogens (tertiary/aromatic N) is 1. The van der Waals surface area contributed by atoms with Crippen LogP contribution < -0.4 is 5.56 Å². The predicted molar refractivity (Wildman–Crippen MR) is 74.0 cm³/mol. The topological polar surface area (TPSA) is 45.8 Å². The fraction of sp³-hybridized carbons (Fsp3) is 0.286. The van der Waals surface area contributed by atoms with Crippen LogP contribution >= 0.6 is 11.6 Å². The maximum atomic E-state index is 13.9. The summed E-state index contributed by atoms with van der Waals surface area (Å²) in [5, 5.41) is 0.317. The van der Waals surface area contributed by atoms with Crippen molar-refractivity contribution in [2.24, 2.45) is 0 Å². The molecule has 0 spiro atoms. The molecule has 100 valence electrons. The first-order valence-electron chi connectivity index (χ1n) is 6.08. The lowest BCUT2D eigenvalue weighted by Gasteiger charge is -2.08. The van der Waals surface area contributed by atoms with Crippen molar-refractivity contribution in [3.05, 3.63) is 50.8 Å². The molecule has 0 bridgehead atoms. The molecule has 2 aromatic rings. The average Bonchev–Trinajstić information content (AvgIpc) is 2.34. The first-order chi connectivity index (χ1) is 9.02. The van der Waals surface area contributed by atoms with Crippen molar-refractivity contribution >= 4 is 11.6 Å². The number of aromatic nitrogens is 2. The molecular weight excluding hydrogens is 267 g/mol. The van der Waals surface area contributed by atoms with Crippen LogP contribution in [0.4, 0.5) is 4.39 Å². The summed E-state index contributed by atoms with van der Waals surface area (Å²) in [4.78, 5) is 18.9. The molecular formula is C14H14ClFN2O. The second-order valence-electron chi connectivity index (χ2n) is 4.36. The van der Waals surface area contributed by atoms with E-state index in [4.69, 9.17) is 11.6 Å². The highest BCUT2D eigenvalue weighted by Gasteiger charge is 2.13. The molecule has 3 nitrogen and oxygen atoms in total. The van der Waals surface area contributed by atoms with Crippen LogP contribution in [0.5, 0.6) is 0 Å². The normalized spacial score (nSPS) is 10.7. The van der Waals surface area contributed by atoms with Crippen LogP contribution in [0.3, 0.4) is 0 Å². The van der Waals surface area contributed by atoms with E-state index in [-0.39, 0.29) is 5.56 Å². The Morgan fingerprint density at radius 2 is 2.16 bits per heavy atom. The second-order valence-corrected chi connectivity index (χ2v) is 4.80. The number of hydrogen-bond acceptors (Lipinski definition) is 2. The Kier molecular flexibility index (Phi) is 4.00. The van der Waals surface area contributed by atoms with Gasteiger partial charge in [0.25, 0.3) is 5.56 Å². The van der Waals surface area contributed by atoms with E-state index in [0.29, 0.717) is 34.1 Å². The van der Waals surface area contributed by atoms with E-state index >= 15 is 0 Å². The Balaban J connectivity index is 2.63. The Morgan fingerprint density at radius 1 is 1.42 bits per heavy atom. The van der Waals surface area contributed by atoms with Crippen LogP contribution in [0.2, 0.25) is 5.02 Å². The smallest absolute Gasteiger partial charge is 0.254 e. The van der Waals surface area contributed by atoms with Gasteiger partial charge >= 0.3 is 0 Å². The standard InChI is InChI=1S/C14H14ClFN2O/c1-3-4-12-17-13(8(2)14(19)18-12)10-6-5-9(15)7-11(10)16/h5-7H,3-4H2,1-2H3,(H,17,18,19). The van der Waals surface area contributed by atoms with Gasteiger partial charge in [-0.15, -0.1) is 0 Å². The zero-order valence-electron chi connectivity index (χ0n) is 10.8. The third-order valence-electron chi connectivity index (χ3n) is 2.87. The van der Waals surface area contributed by atoms with Gasteiger partial charge in [-0.05, 0) is 31.5 Å². The van der Waals surface area contributed by atoms with Crippen molar-refractivity contribution < 1.29 is 4.39 Å². The molecule has 0 unspecified atom stereocenters. The monoisotopic (exact) mass is 280 g/mol. The number of aryl methyl sites for hydroxylation is 1. The highest BCUT2D eigenvalue weighted by atomic mass is 35.5. The number of hydrogen-bond donors (Lipinski definition) is 1. The van der Waals surface area contributed by atoms with Gasteiger partial charge in [0.1, 0.15) is 11.6 Å². The third-order valence-corrected chi connectivity index (χ3v) is 3.11. The summed E-state index contributed by atoms with van der Waals surface area (Å²) >= 11 is 5.73. The zero-order chi connectivity index (χ0) is 14.0. The molecule has 0 saturated heterocycles. The lowest BCUT2D eigenvalue weighted by Crippen LogP contribution is -2.16. The van der Waals surface area contributed by atoms with E-state index in [1.54, 1.807) is 19.1 Å². The van der Waals surface area contributed by atoms with E-state index in [1.807, 2.05) is 6.92 Å². The highest BCUT2D eigenvalue weighted by molar-refractivity contribution is 6.30. The van der Waals surface area contributed by atoms with Crippen LogP contribution in [0.25, 0.3) is 11.3 Å². The Labute approximate surface area is 115 Å². The third kappa shape index (κ3) is 2.84. The summed E-state index contributed by atoms with van der Waals surface area (Å²) in [7, 11) is 0. The van der Waals surface area contributed by atoms with Crippen molar-refractivity contribution in [3.63, 3.8) is 0 Å². The van der Waals surface area contributed by atoms with Crippen molar-refractivity contribution in [1.29, 1.82) is 0 Å². The molecule has 1 aromatic heterocycles.